The molecule has 8 heteroatoms. The maximum atomic E-state index is 12.2. The van der Waals surface area contributed by atoms with Crippen molar-refractivity contribution in [2.75, 3.05) is 5.32 Å². The van der Waals surface area contributed by atoms with Gasteiger partial charge in [0, 0.05) is 15.5 Å². The lowest BCUT2D eigenvalue weighted by Crippen LogP contribution is -2.13. The van der Waals surface area contributed by atoms with Gasteiger partial charge in [0.15, 0.2) is 5.76 Å². The van der Waals surface area contributed by atoms with Gasteiger partial charge in [0.05, 0.1) is 4.90 Å². The lowest BCUT2D eigenvalue weighted by molar-refractivity contribution is 0.0998. The molecular formula is C15H11BrN2O4S. The smallest absolute Gasteiger partial charge is 0.291 e. The van der Waals surface area contributed by atoms with E-state index in [-0.39, 0.29) is 10.7 Å². The highest BCUT2D eigenvalue weighted by Gasteiger charge is 2.13. The summed E-state index contributed by atoms with van der Waals surface area (Å²) in [5.74, 6) is -0.269. The van der Waals surface area contributed by atoms with Crippen LogP contribution in [-0.4, -0.2) is 14.3 Å². The molecule has 1 amide bonds. The van der Waals surface area contributed by atoms with Crippen LogP contribution in [0.15, 0.2) is 62.3 Å². The van der Waals surface area contributed by atoms with Crippen molar-refractivity contribution in [3.05, 3.63) is 58.8 Å². The third-order valence-corrected chi connectivity index (χ3v) is 4.57. The number of benzene rings is 2. The predicted octanol–water partition coefficient (Wildman–Crippen LogP) is 3.10. The molecule has 6 nitrogen and oxygen atoms in total. The summed E-state index contributed by atoms with van der Waals surface area (Å²) >= 11 is 3.35. The van der Waals surface area contributed by atoms with Crippen molar-refractivity contribution in [2.45, 2.75) is 4.90 Å². The van der Waals surface area contributed by atoms with Gasteiger partial charge in [-0.05, 0) is 48.5 Å². The van der Waals surface area contributed by atoms with Crippen LogP contribution in [-0.2, 0) is 10.0 Å². The number of primary sulfonamides is 1. The van der Waals surface area contributed by atoms with Crippen LogP contribution in [0.5, 0.6) is 0 Å². The molecule has 0 spiro atoms. The SMILES string of the molecule is NS(=O)(=O)c1ccc(NC(=O)c2cc3cc(Br)ccc3o2)cc1. The molecule has 0 fully saturated rings. The number of amides is 1. The zero-order valence-electron chi connectivity index (χ0n) is 11.6. The van der Waals surface area contributed by atoms with Crippen molar-refractivity contribution in [1.82, 2.24) is 0 Å². The highest BCUT2D eigenvalue weighted by atomic mass is 79.9. The summed E-state index contributed by atoms with van der Waals surface area (Å²) in [5, 5.41) is 8.45. The van der Waals surface area contributed by atoms with E-state index in [0.717, 1.165) is 9.86 Å². The molecule has 0 bridgehead atoms. The quantitative estimate of drug-likeness (QED) is 0.711. The van der Waals surface area contributed by atoms with Gasteiger partial charge in [-0.2, -0.15) is 0 Å². The fraction of sp³-hybridized carbons (Fsp3) is 0. The van der Waals surface area contributed by atoms with E-state index in [9.17, 15) is 13.2 Å². The van der Waals surface area contributed by atoms with Crippen LogP contribution in [0.25, 0.3) is 11.0 Å². The van der Waals surface area contributed by atoms with Crippen LogP contribution >= 0.6 is 15.9 Å². The molecule has 0 saturated carbocycles. The normalized spacial score (nSPS) is 11.6. The molecule has 2 aromatic carbocycles. The van der Waals surface area contributed by atoms with Crippen LogP contribution in [0.1, 0.15) is 10.6 Å². The maximum Gasteiger partial charge on any atom is 0.291 e. The fourth-order valence-electron chi connectivity index (χ4n) is 2.05. The first-order chi connectivity index (χ1) is 10.8. The molecule has 0 aliphatic rings. The fourth-order valence-corrected chi connectivity index (χ4v) is 2.94. The first-order valence-electron chi connectivity index (χ1n) is 6.46. The summed E-state index contributed by atoms with van der Waals surface area (Å²) in [5.41, 5.74) is 1.03. The van der Waals surface area contributed by atoms with E-state index in [2.05, 4.69) is 21.2 Å². The van der Waals surface area contributed by atoms with Gasteiger partial charge in [0.1, 0.15) is 5.58 Å². The first kappa shape index (κ1) is 15.7. The number of carbonyl (C=O) groups excluding carboxylic acids is 1. The number of halogens is 1. The van der Waals surface area contributed by atoms with E-state index in [4.69, 9.17) is 9.56 Å². The molecule has 0 aliphatic heterocycles. The Kier molecular flexibility index (Phi) is 3.97. The van der Waals surface area contributed by atoms with Gasteiger partial charge in [0.25, 0.3) is 5.91 Å². The average Bonchev–Trinajstić information content (AvgIpc) is 2.90. The van der Waals surface area contributed by atoms with Gasteiger partial charge in [-0.15, -0.1) is 0 Å². The number of furan rings is 1. The monoisotopic (exact) mass is 394 g/mol. The van der Waals surface area contributed by atoms with Crippen LogP contribution in [0.3, 0.4) is 0 Å². The molecule has 3 aromatic rings. The minimum atomic E-state index is -3.76. The zero-order valence-corrected chi connectivity index (χ0v) is 14.0. The molecule has 0 radical (unpaired) electrons. The summed E-state index contributed by atoms with van der Waals surface area (Å²) < 4.78 is 28.7. The molecular weight excluding hydrogens is 384 g/mol. The van der Waals surface area contributed by atoms with E-state index in [1.165, 1.54) is 24.3 Å². The molecule has 0 aliphatic carbocycles. The Morgan fingerprint density at radius 1 is 1.09 bits per heavy atom. The van der Waals surface area contributed by atoms with Gasteiger partial charge < -0.3 is 9.73 Å². The average molecular weight is 395 g/mol. The van der Waals surface area contributed by atoms with Crippen molar-refractivity contribution in [3.63, 3.8) is 0 Å². The number of carbonyl (C=O) groups is 1. The van der Waals surface area contributed by atoms with Crippen LogP contribution in [0.2, 0.25) is 0 Å². The Balaban J connectivity index is 1.82. The minimum absolute atomic E-state index is 0.0240. The molecule has 0 saturated heterocycles. The third-order valence-electron chi connectivity index (χ3n) is 3.14. The number of nitrogens with two attached hydrogens (primary N) is 1. The Hall–Kier alpha value is -2.16. The number of hydrogen-bond acceptors (Lipinski definition) is 4. The summed E-state index contributed by atoms with van der Waals surface area (Å²) in [6, 6.07) is 12.6. The number of anilines is 1. The van der Waals surface area contributed by atoms with Gasteiger partial charge >= 0.3 is 0 Å². The number of rotatable bonds is 3. The Morgan fingerprint density at radius 3 is 2.43 bits per heavy atom. The largest absolute Gasteiger partial charge is 0.451 e. The molecule has 23 heavy (non-hydrogen) atoms. The van der Waals surface area contributed by atoms with Gasteiger partial charge in [0.2, 0.25) is 10.0 Å². The van der Waals surface area contributed by atoms with E-state index in [0.29, 0.717) is 11.3 Å². The summed E-state index contributed by atoms with van der Waals surface area (Å²) in [6.07, 6.45) is 0. The van der Waals surface area contributed by atoms with Crippen LogP contribution in [0, 0.1) is 0 Å². The summed E-state index contributed by atoms with van der Waals surface area (Å²) in [6.45, 7) is 0. The third kappa shape index (κ3) is 3.44. The molecule has 0 unspecified atom stereocenters. The van der Waals surface area contributed by atoms with Crippen molar-refractivity contribution < 1.29 is 17.6 Å². The molecule has 1 heterocycles. The number of hydrogen-bond donors (Lipinski definition) is 2. The van der Waals surface area contributed by atoms with E-state index in [1.807, 2.05) is 12.1 Å². The summed E-state index contributed by atoms with van der Waals surface area (Å²) in [7, 11) is -3.76. The van der Waals surface area contributed by atoms with Crippen molar-refractivity contribution in [3.8, 4) is 0 Å². The second-order valence-corrected chi connectivity index (χ2v) is 7.29. The molecule has 118 valence electrons. The second kappa shape index (κ2) is 5.80. The van der Waals surface area contributed by atoms with Gasteiger partial charge in [-0.3, -0.25) is 4.79 Å². The summed E-state index contributed by atoms with van der Waals surface area (Å²) in [4.78, 5) is 12.2. The van der Waals surface area contributed by atoms with Gasteiger partial charge in [-0.25, -0.2) is 13.6 Å². The van der Waals surface area contributed by atoms with Crippen LogP contribution < -0.4 is 10.5 Å². The molecule has 0 atom stereocenters. The Labute approximate surface area is 140 Å². The molecule has 3 rings (SSSR count). The highest BCUT2D eigenvalue weighted by molar-refractivity contribution is 9.10. The standard InChI is InChI=1S/C15H11BrN2O4S/c16-10-1-6-13-9(7-10)8-14(22-13)15(19)18-11-2-4-12(5-3-11)23(17,20)21/h1-8H,(H,18,19)(H2,17,20,21). The topological polar surface area (TPSA) is 102 Å². The Morgan fingerprint density at radius 2 is 1.78 bits per heavy atom. The molecule has 1 aromatic heterocycles. The minimum Gasteiger partial charge on any atom is -0.451 e. The van der Waals surface area contributed by atoms with Crippen LogP contribution in [0.4, 0.5) is 5.69 Å². The lowest BCUT2D eigenvalue weighted by atomic mass is 10.2. The van der Waals surface area contributed by atoms with Crippen molar-refractivity contribution in [1.29, 1.82) is 0 Å². The van der Waals surface area contributed by atoms with E-state index >= 15 is 0 Å². The zero-order chi connectivity index (χ0) is 16.6. The lowest BCUT2D eigenvalue weighted by Gasteiger charge is -2.04. The van der Waals surface area contributed by atoms with E-state index < -0.39 is 15.9 Å². The molecule has 3 N–H and O–H groups in total. The number of fused-ring (bicyclic) bond motifs is 1. The Bertz CT molecular complexity index is 994. The van der Waals surface area contributed by atoms with Crippen molar-refractivity contribution >= 4 is 48.5 Å². The number of sulfonamides is 1. The highest BCUT2D eigenvalue weighted by Crippen LogP contribution is 2.24. The van der Waals surface area contributed by atoms with E-state index in [1.54, 1.807) is 12.1 Å². The predicted molar refractivity (Wildman–Crippen MR) is 89.7 cm³/mol. The first-order valence-corrected chi connectivity index (χ1v) is 8.80. The second-order valence-electron chi connectivity index (χ2n) is 4.82. The van der Waals surface area contributed by atoms with Gasteiger partial charge in [-0.1, -0.05) is 15.9 Å². The number of nitrogens with one attached hydrogen (secondary N) is 1. The van der Waals surface area contributed by atoms with Crippen molar-refractivity contribution in [2.24, 2.45) is 5.14 Å². The maximum absolute atomic E-state index is 12.2.